The highest BCUT2D eigenvalue weighted by Crippen LogP contribution is 2.24. The Kier molecular flexibility index (Phi) is 16.9. The molecule has 0 aromatic heterocycles. The molecule has 3 nitrogen and oxygen atoms in total. The fraction of sp³-hybridized carbons (Fsp3) is 1.00. The zero-order valence-corrected chi connectivity index (χ0v) is 15.1. The number of hydrogen-bond acceptors (Lipinski definition) is 3. The zero-order valence-electron chi connectivity index (χ0n) is 14.2. The maximum atomic E-state index is 8.57. The van der Waals surface area contributed by atoms with Gasteiger partial charge >= 0.3 is 8.60 Å². The smallest absolute Gasteiger partial charge is 0.327 e. The van der Waals surface area contributed by atoms with E-state index >= 15 is 0 Å². The van der Waals surface area contributed by atoms with E-state index < -0.39 is 8.60 Å². The molecule has 0 amide bonds. The van der Waals surface area contributed by atoms with E-state index in [1.807, 2.05) is 0 Å². The highest BCUT2D eigenvalue weighted by Gasteiger charge is 1.98. The van der Waals surface area contributed by atoms with Crippen LogP contribution in [0.4, 0.5) is 0 Å². The molecule has 0 aromatic rings. The molecule has 4 heteroatoms. The minimum absolute atomic E-state index is 0.482. The third-order valence-corrected chi connectivity index (χ3v) is 4.30. The van der Waals surface area contributed by atoms with Crippen LogP contribution in [0.15, 0.2) is 0 Å². The molecule has 128 valence electrons. The van der Waals surface area contributed by atoms with Gasteiger partial charge in [0.05, 0.1) is 6.61 Å². The van der Waals surface area contributed by atoms with Gasteiger partial charge < -0.3 is 14.3 Å². The molecule has 0 bridgehead atoms. The van der Waals surface area contributed by atoms with Gasteiger partial charge in [0.2, 0.25) is 0 Å². The fourth-order valence-electron chi connectivity index (χ4n) is 2.57. The molecule has 0 saturated carbocycles. The van der Waals surface area contributed by atoms with Gasteiger partial charge in [0.1, 0.15) is 0 Å². The Balaban J connectivity index is 2.96. The summed E-state index contributed by atoms with van der Waals surface area (Å²) in [5.74, 6) is 0.867. The summed E-state index contributed by atoms with van der Waals surface area (Å²) in [5.41, 5.74) is 0. The largest absolute Gasteiger partial charge is 0.328 e. The van der Waals surface area contributed by atoms with Crippen molar-refractivity contribution in [3.05, 3.63) is 0 Å². The normalized spacial score (nSPS) is 11.7. The summed E-state index contributed by atoms with van der Waals surface area (Å²) < 4.78 is 4.73. The Morgan fingerprint density at radius 3 is 1.43 bits per heavy atom. The highest BCUT2D eigenvalue weighted by atomic mass is 31.2. The molecule has 2 N–H and O–H groups in total. The van der Waals surface area contributed by atoms with Crippen LogP contribution < -0.4 is 0 Å². The average molecular weight is 320 g/mol. The van der Waals surface area contributed by atoms with Gasteiger partial charge in [-0.05, 0) is 12.3 Å². The van der Waals surface area contributed by atoms with Crippen molar-refractivity contribution in [2.45, 2.75) is 97.3 Å². The second-order valence-corrected chi connectivity index (χ2v) is 7.27. The molecule has 0 aliphatic carbocycles. The SMILES string of the molecule is CC(C)CCCCCCCCCCCCCCOP(O)O. The minimum atomic E-state index is -2.14. The lowest BCUT2D eigenvalue weighted by molar-refractivity contribution is 0.248. The lowest BCUT2D eigenvalue weighted by Crippen LogP contribution is -1.89. The molecule has 0 saturated heterocycles. The Morgan fingerprint density at radius 1 is 0.667 bits per heavy atom. The predicted octanol–water partition coefficient (Wildman–Crippen LogP) is 5.94. The van der Waals surface area contributed by atoms with Crippen LogP contribution in [0.2, 0.25) is 0 Å². The van der Waals surface area contributed by atoms with Crippen molar-refractivity contribution in [2.75, 3.05) is 6.61 Å². The molecule has 0 unspecified atom stereocenters. The van der Waals surface area contributed by atoms with E-state index in [1.54, 1.807) is 0 Å². The predicted molar refractivity (Wildman–Crippen MR) is 92.2 cm³/mol. The summed E-state index contributed by atoms with van der Waals surface area (Å²) >= 11 is 0. The molecular weight excluding hydrogens is 283 g/mol. The minimum Gasteiger partial charge on any atom is -0.328 e. The van der Waals surface area contributed by atoms with Crippen molar-refractivity contribution in [1.82, 2.24) is 0 Å². The molecule has 0 aromatic carbocycles. The Labute approximate surface area is 133 Å². The van der Waals surface area contributed by atoms with Gasteiger partial charge in [-0.15, -0.1) is 0 Å². The monoisotopic (exact) mass is 320 g/mol. The van der Waals surface area contributed by atoms with Gasteiger partial charge in [0, 0.05) is 0 Å². The molecular formula is C17H37O3P. The maximum Gasteiger partial charge on any atom is 0.327 e. The van der Waals surface area contributed by atoms with Crippen LogP contribution in [0, 0.1) is 5.92 Å². The number of unbranched alkanes of at least 4 members (excludes halogenated alkanes) is 11. The lowest BCUT2D eigenvalue weighted by Gasteiger charge is -2.05. The Bertz CT molecular complexity index is 178. The molecule has 0 radical (unpaired) electrons. The molecule has 21 heavy (non-hydrogen) atoms. The molecule has 0 heterocycles. The highest BCUT2D eigenvalue weighted by molar-refractivity contribution is 7.39. The van der Waals surface area contributed by atoms with Gasteiger partial charge in [-0.25, -0.2) is 0 Å². The van der Waals surface area contributed by atoms with Gasteiger partial charge in [-0.1, -0.05) is 90.9 Å². The molecule has 0 aliphatic rings. The van der Waals surface area contributed by atoms with E-state index in [9.17, 15) is 0 Å². The van der Waals surface area contributed by atoms with Crippen LogP contribution in [0.1, 0.15) is 97.3 Å². The maximum absolute atomic E-state index is 8.57. The van der Waals surface area contributed by atoms with Crippen LogP contribution in [0.3, 0.4) is 0 Å². The third-order valence-electron chi connectivity index (χ3n) is 3.88. The summed E-state index contributed by atoms with van der Waals surface area (Å²) in [6, 6.07) is 0. The van der Waals surface area contributed by atoms with Gasteiger partial charge in [-0.3, -0.25) is 0 Å². The van der Waals surface area contributed by atoms with Crippen molar-refractivity contribution >= 4 is 8.60 Å². The quantitative estimate of drug-likeness (QED) is 0.273. The van der Waals surface area contributed by atoms with Crippen LogP contribution in [0.25, 0.3) is 0 Å². The van der Waals surface area contributed by atoms with E-state index in [4.69, 9.17) is 14.3 Å². The van der Waals surface area contributed by atoms with E-state index in [1.165, 1.54) is 70.6 Å². The number of hydrogen-bond donors (Lipinski definition) is 2. The van der Waals surface area contributed by atoms with Crippen LogP contribution in [0.5, 0.6) is 0 Å². The first kappa shape index (κ1) is 21.3. The summed E-state index contributed by atoms with van der Waals surface area (Å²) in [4.78, 5) is 17.1. The fourth-order valence-corrected chi connectivity index (χ4v) is 2.86. The van der Waals surface area contributed by atoms with E-state index in [0.717, 1.165) is 18.8 Å². The summed E-state index contributed by atoms with van der Waals surface area (Å²) in [7, 11) is -2.14. The zero-order chi connectivity index (χ0) is 15.8. The van der Waals surface area contributed by atoms with Gasteiger partial charge in [-0.2, -0.15) is 0 Å². The van der Waals surface area contributed by atoms with Crippen molar-refractivity contribution in [3.63, 3.8) is 0 Å². The van der Waals surface area contributed by atoms with Crippen LogP contribution >= 0.6 is 8.60 Å². The Hall–Kier alpha value is 0.310. The van der Waals surface area contributed by atoms with Crippen molar-refractivity contribution < 1.29 is 14.3 Å². The van der Waals surface area contributed by atoms with E-state index in [-0.39, 0.29) is 0 Å². The Morgan fingerprint density at radius 2 is 1.05 bits per heavy atom. The molecule has 0 fully saturated rings. The van der Waals surface area contributed by atoms with E-state index in [2.05, 4.69) is 13.8 Å². The topological polar surface area (TPSA) is 49.7 Å². The van der Waals surface area contributed by atoms with Crippen molar-refractivity contribution in [3.8, 4) is 0 Å². The summed E-state index contributed by atoms with van der Waals surface area (Å²) in [6.07, 6.45) is 17.2. The lowest BCUT2D eigenvalue weighted by atomic mass is 10.0. The van der Waals surface area contributed by atoms with Crippen molar-refractivity contribution in [1.29, 1.82) is 0 Å². The third kappa shape index (κ3) is 20.3. The standard InChI is InChI=1S/C17H37O3P/c1-17(2)15-13-11-9-7-5-3-4-6-8-10-12-14-16-20-21(18)19/h17-19H,3-16H2,1-2H3. The molecule has 0 spiro atoms. The first-order valence-electron chi connectivity index (χ1n) is 8.93. The molecule has 0 rings (SSSR count). The van der Waals surface area contributed by atoms with E-state index in [0.29, 0.717) is 6.61 Å². The van der Waals surface area contributed by atoms with Crippen LogP contribution in [-0.4, -0.2) is 16.4 Å². The first-order valence-corrected chi connectivity index (χ1v) is 10.1. The second-order valence-electron chi connectivity index (χ2n) is 6.51. The second kappa shape index (κ2) is 16.7. The number of rotatable bonds is 16. The molecule has 0 atom stereocenters. The average Bonchev–Trinajstić information content (AvgIpc) is 2.42. The molecule has 0 aliphatic heterocycles. The van der Waals surface area contributed by atoms with Gasteiger partial charge in [0.15, 0.2) is 0 Å². The summed E-state index contributed by atoms with van der Waals surface area (Å²) in [6.45, 7) is 5.10. The van der Waals surface area contributed by atoms with Crippen LogP contribution in [-0.2, 0) is 4.52 Å². The van der Waals surface area contributed by atoms with Gasteiger partial charge in [0.25, 0.3) is 0 Å². The van der Waals surface area contributed by atoms with Crippen molar-refractivity contribution in [2.24, 2.45) is 5.92 Å². The summed E-state index contributed by atoms with van der Waals surface area (Å²) in [5, 5.41) is 0. The first-order chi connectivity index (χ1) is 10.1.